The Labute approximate surface area is 41.5 Å². The summed E-state index contributed by atoms with van der Waals surface area (Å²) in [5.41, 5.74) is 4.32. The minimum Gasteiger partial charge on any atom is -0.334 e. The molecule has 2 N–H and O–H groups in total. The van der Waals surface area contributed by atoms with E-state index in [1.165, 1.54) is 0 Å². The molecule has 0 unspecified atom stereocenters. The molecular formula is C3H6N2O2. The molecule has 0 aliphatic heterocycles. The summed E-state index contributed by atoms with van der Waals surface area (Å²) in [5.74, 6) is 0. The van der Waals surface area contributed by atoms with Crippen LogP contribution >= 0.6 is 0 Å². The number of rotatable bonds is 0. The first kappa shape index (κ1) is 9.23. The highest BCUT2D eigenvalue weighted by Gasteiger charge is 1.83. The molecule has 0 aliphatic carbocycles. The third-order valence-corrected chi connectivity index (χ3v) is 0.146. The number of amides is 1. The average Bonchev–Trinajstić information content (AvgIpc) is 1.35. The zero-order valence-corrected chi connectivity index (χ0v) is 2.84. The maximum atomic E-state index is 9.38. The Morgan fingerprint density at radius 1 is 1.86 bits per heavy atom. The molecular weight excluding hydrogens is 96.0 g/mol. The van der Waals surface area contributed by atoms with E-state index in [4.69, 9.17) is 5.26 Å². The van der Waals surface area contributed by atoms with Crippen molar-refractivity contribution in [3.8, 4) is 6.26 Å². The van der Waals surface area contributed by atoms with Crippen LogP contribution in [0.4, 0.5) is 4.79 Å². The van der Waals surface area contributed by atoms with Crippen molar-refractivity contribution in [2.45, 2.75) is 7.43 Å². The van der Waals surface area contributed by atoms with Crippen molar-refractivity contribution in [3.05, 3.63) is 0 Å². The lowest BCUT2D eigenvalue weighted by Gasteiger charge is -1.75. The van der Waals surface area contributed by atoms with E-state index in [1.54, 1.807) is 0 Å². The minimum atomic E-state index is -1.07. The van der Waals surface area contributed by atoms with Crippen LogP contribution in [0.15, 0.2) is 0 Å². The number of nitriles is 1. The second-order valence-electron chi connectivity index (χ2n) is 0.512. The molecule has 0 saturated heterocycles. The van der Waals surface area contributed by atoms with E-state index in [2.05, 4.69) is 10.5 Å². The lowest BCUT2D eigenvalue weighted by molar-refractivity contribution is 0.201. The molecule has 0 aromatic carbocycles. The number of hydrogen-bond acceptors (Lipinski definition) is 3. The van der Waals surface area contributed by atoms with Crippen molar-refractivity contribution in [1.82, 2.24) is 0 Å². The molecule has 0 spiro atoms. The van der Waals surface area contributed by atoms with E-state index in [0.29, 0.717) is 0 Å². The molecule has 0 aromatic rings. The number of carbonyl (C=O) groups is 1. The molecule has 0 fully saturated rings. The van der Waals surface area contributed by atoms with Crippen molar-refractivity contribution < 1.29 is 9.53 Å². The molecule has 0 rings (SSSR count). The van der Waals surface area contributed by atoms with Gasteiger partial charge in [-0.1, -0.05) is 7.43 Å². The van der Waals surface area contributed by atoms with Crippen molar-refractivity contribution in [2.75, 3.05) is 0 Å². The Balaban J connectivity index is 0. The van der Waals surface area contributed by atoms with Crippen molar-refractivity contribution in [1.29, 1.82) is 5.26 Å². The normalized spacial score (nSPS) is 5.00. The molecule has 0 radical (unpaired) electrons. The molecule has 0 heterocycles. The average molecular weight is 102 g/mol. The van der Waals surface area contributed by atoms with E-state index in [-0.39, 0.29) is 7.43 Å². The van der Waals surface area contributed by atoms with Crippen molar-refractivity contribution in [3.63, 3.8) is 0 Å². The third-order valence-electron chi connectivity index (χ3n) is 0.146. The van der Waals surface area contributed by atoms with Gasteiger partial charge in [-0.3, -0.25) is 0 Å². The van der Waals surface area contributed by atoms with Crippen molar-refractivity contribution >= 4 is 6.09 Å². The Bertz CT molecular complexity index is 93.6. The van der Waals surface area contributed by atoms with Gasteiger partial charge in [0.15, 0.2) is 0 Å². The monoisotopic (exact) mass is 102 g/mol. The maximum Gasteiger partial charge on any atom is 0.420 e. The van der Waals surface area contributed by atoms with E-state index in [1.807, 2.05) is 0 Å². The van der Waals surface area contributed by atoms with Gasteiger partial charge in [-0.2, -0.15) is 0 Å². The van der Waals surface area contributed by atoms with Gasteiger partial charge in [-0.25, -0.2) is 4.79 Å². The molecule has 7 heavy (non-hydrogen) atoms. The van der Waals surface area contributed by atoms with Crippen LogP contribution in [0.1, 0.15) is 7.43 Å². The van der Waals surface area contributed by atoms with Gasteiger partial charge in [-0.15, -0.1) is 5.26 Å². The second-order valence-corrected chi connectivity index (χ2v) is 0.512. The van der Waals surface area contributed by atoms with Crippen LogP contribution in [0.3, 0.4) is 0 Å². The first-order valence-electron chi connectivity index (χ1n) is 1.12. The van der Waals surface area contributed by atoms with Gasteiger partial charge in [0.05, 0.1) is 0 Å². The molecule has 0 saturated carbocycles. The summed E-state index contributed by atoms with van der Waals surface area (Å²) in [5, 5.41) is 7.46. The van der Waals surface area contributed by atoms with Gasteiger partial charge < -0.3 is 10.5 Å². The quantitative estimate of drug-likeness (QED) is 0.444. The highest BCUT2D eigenvalue weighted by molar-refractivity contribution is 5.65. The lowest BCUT2D eigenvalue weighted by Crippen LogP contribution is -2.08. The topological polar surface area (TPSA) is 76.1 Å². The molecule has 1 amide bonds. The number of nitrogens with zero attached hydrogens (tertiary/aromatic N) is 1. The molecule has 0 atom stereocenters. The fourth-order valence-electron chi connectivity index (χ4n) is 0.0450. The zero-order valence-electron chi connectivity index (χ0n) is 2.84. The SMILES string of the molecule is C.N#COC(N)=O. The summed E-state index contributed by atoms with van der Waals surface area (Å²) in [6.45, 7) is 0. The van der Waals surface area contributed by atoms with Gasteiger partial charge >= 0.3 is 6.09 Å². The van der Waals surface area contributed by atoms with Crippen molar-refractivity contribution in [2.24, 2.45) is 5.73 Å². The Morgan fingerprint density at radius 3 is 2.29 bits per heavy atom. The Morgan fingerprint density at radius 2 is 2.29 bits per heavy atom. The standard InChI is InChI=1S/C2H2N2O2.CH4/c3-1-6-2(4)5;/h(H2,4,5);1H4. The van der Waals surface area contributed by atoms with Gasteiger partial charge in [0.2, 0.25) is 0 Å². The predicted molar refractivity (Wildman–Crippen MR) is 23.0 cm³/mol. The van der Waals surface area contributed by atoms with Gasteiger partial charge in [0.25, 0.3) is 6.26 Å². The maximum absolute atomic E-state index is 9.38. The van der Waals surface area contributed by atoms with E-state index >= 15 is 0 Å². The third kappa shape index (κ3) is 11.7. The van der Waals surface area contributed by atoms with E-state index in [0.717, 1.165) is 6.26 Å². The van der Waals surface area contributed by atoms with Crippen LogP contribution in [0, 0.1) is 11.5 Å². The van der Waals surface area contributed by atoms with Gasteiger partial charge in [0.1, 0.15) is 0 Å². The van der Waals surface area contributed by atoms with Crippen LogP contribution in [-0.4, -0.2) is 6.09 Å². The van der Waals surface area contributed by atoms with Crippen LogP contribution in [-0.2, 0) is 4.74 Å². The predicted octanol–water partition coefficient (Wildman–Crippen LogP) is 0.199. The van der Waals surface area contributed by atoms with Crippen LogP contribution in [0.25, 0.3) is 0 Å². The van der Waals surface area contributed by atoms with Crippen LogP contribution < -0.4 is 5.73 Å². The molecule has 0 aromatic heterocycles. The highest BCUT2D eigenvalue weighted by Crippen LogP contribution is 1.60. The highest BCUT2D eigenvalue weighted by atomic mass is 16.5. The lowest BCUT2D eigenvalue weighted by atomic mass is 11.2. The Hall–Kier alpha value is -1.24. The first-order valence-corrected chi connectivity index (χ1v) is 1.12. The summed E-state index contributed by atoms with van der Waals surface area (Å²) < 4.78 is 3.49. The molecule has 4 heteroatoms. The minimum absolute atomic E-state index is 0. The van der Waals surface area contributed by atoms with Crippen LogP contribution in [0.5, 0.6) is 0 Å². The van der Waals surface area contributed by atoms with Gasteiger partial charge in [0, 0.05) is 0 Å². The fraction of sp³-hybridized carbons (Fsp3) is 0.333. The second kappa shape index (κ2) is 4.76. The molecule has 4 nitrogen and oxygen atoms in total. The number of carbonyl (C=O) groups excluding carboxylic acids is 1. The molecule has 40 valence electrons. The number of nitrogens with two attached hydrogens (primary N) is 1. The number of primary amides is 1. The Kier molecular flexibility index (Phi) is 6.28. The molecule has 0 bridgehead atoms. The number of hydrogen-bond donors (Lipinski definition) is 1. The zero-order chi connectivity index (χ0) is 4.99. The van der Waals surface area contributed by atoms with Gasteiger partial charge in [-0.05, 0) is 0 Å². The van der Waals surface area contributed by atoms with E-state index in [9.17, 15) is 4.79 Å². The first-order chi connectivity index (χ1) is 2.77. The summed E-state index contributed by atoms with van der Waals surface area (Å²) in [6, 6.07) is 0. The number of ether oxygens (including phenoxy) is 1. The van der Waals surface area contributed by atoms with Crippen LogP contribution in [0.2, 0.25) is 0 Å². The summed E-state index contributed by atoms with van der Waals surface area (Å²) in [6.07, 6.45) is 0.0208. The summed E-state index contributed by atoms with van der Waals surface area (Å²) >= 11 is 0. The largest absolute Gasteiger partial charge is 0.420 e. The fourth-order valence-corrected chi connectivity index (χ4v) is 0.0450. The summed E-state index contributed by atoms with van der Waals surface area (Å²) in [4.78, 5) is 9.38. The molecule has 0 aliphatic rings. The smallest absolute Gasteiger partial charge is 0.334 e. The van der Waals surface area contributed by atoms with E-state index < -0.39 is 6.09 Å². The summed E-state index contributed by atoms with van der Waals surface area (Å²) in [7, 11) is 0.